The molecule has 1 aromatic heterocycles. The number of thiazole rings is 1. The van der Waals surface area contributed by atoms with E-state index in [0.717, 1.165) is 29.4 Å². The van der Waals surface area contributed by atoms with Crippen LogP contribution in [0.2, 0.25) is 0 Å². The van der Waals surface area contributed by atoms with Gasteiger partial charge in [-0.25, -0.2) is 4.98 Å². The zero-order valence-corrected chi connectivity index (χ0v) is 12.2. The summed E-state index contributed by atoms with van der Waals surface area (Å²) in [5.41, 5.74) is 1.81. The Labute approximate surface area is 126 Å². The number of ether oxygens (including phenoxy) is 1. The second kappa shape index (κ2) is 6.49. The van der Waals surface area contributed by atoms with Gasteiger partial charge < -0.3 is 10.1 Å². The molecule has 0 bridgehead atoms. The average Bonchev–Trinajstić information content (AvgIpc) is 2.98. The van der Waals surface area contributed by atoms with E-state index in [1.807, 2.05) is 5.38 Å². The van der Waals surface area contributed by atoms with Crippen molar-refractivity contribution < 1.29 is 13.5 Å². The van der Waals surface area contributed by atoms with E-state index in [-0.39, 0.29) is 5.75 Å². The van der Waals surface area contributed by atoms with Crippen molar-refractivity contribution in [3.8, 4) is 17.0 Å². The fourth-order valence-electron chi connectivity index (χ4n) is 2.48. The second-order valence-corrected chi connectivity index (χ2v) is 5.91. The van der Waals surface area contributed by atoms with E-state index < -0.39 is 6.61 Å². The van der Waals surface area contributed by atoms with Crippen LogP contribution in [0.1, 0.15) is 23.8 Å². The molecule has 0 radical (unpaired) electrons. The van der Waals surface area contributed by atoms with E-state index in [1.54, 1.807) is 35.6 Å². The summed E-state index contributed by atoms with van der Waals surface area (Å²) in [6, 6.07) is 6.61. The second-order valence-electron chi connectivity index (χ2n) is 5.02. The van der Waals surface area contributed by atoms with Crippen LogP contribution in [0.3, 0.4) is 0 Å². The summed E-state index contributed by atoms with van der Waals surface area (Å²) in [6.07, 6.45) is 2.35. The topological polar surface area (TPSA) is 34.1 Å². The molecular formula is C15H16F2N2OS. The van der Waals surface area contributed by atoms with Gasteiger partial charge in [0.05, 0.1) is 10.7 Å². The van der Waals surface area contributed by atoms with Crippen molar-refractivity contribution in [3.05, 3.63) is 34.7 Å². The van der Waals surface area contributed by atoms with Gasteiger partial charge in [0.1, 0.15) is 5.75 Å². The summed E-state index contributed by atoms with van der Waals surface area (Å²) >= 11 is 1.66. The first-order valence-electron chi connectivity index (χ1n) is 6.94. The lowest BCUT2D eigenvalue weighted by Gasteiger charge is -2.20. The number of rotatable bonds is 4. The van der Waals surface area contributed by atoms with Crippen molar-refractivity contribution in [2.45, 2.75) is 25.4 Å². The Balaban J connectivity index is 1.73. The Morgan fingerprint density at radius 2 is 2.10 bits per heavy atom. The molecule has 1 atom stereocenters. The molecule has 1 unspecified atom stereocenters. The van der Waals surface area contributed by atoms with Crippen molar-refractivity contribution in [2.24, 2.45) is 0 Å². The monoisotopic (exact) mass is 310 g/mol. The molecule has 0 saturated carbocycles. The number of nitrogens with zero attached hydrogens (tertiary/aromatic N) is 1. The van der Waals surface area contributed by atoms with Gasteiger partial charge in [0, 0.05) is 23.4 Å². The lowest BCUT2D eigenvalue weighted by atomic mass is 10.0. The highest BCUT2D eigenvalue weighted by atomic mass is 32.1. The van der Waals surface area contributed by atoms with Crippen LogP contribution in [0.15, 0.2) is 29.6 Å². The molecule has 1 N–H and O–H groups in total. The summed E-state index contributed by atoms with van der Waals surface area (Å²) in [5.74, 6) is 0.652. The summed E-state index contributed by atoms with van der Waals surface area (Å²) in [4.78, 5) is 4.68. The minimum absolute atomic E-state index is 0.167. The normalized spacial score (nSPS) is 18.9. The fourth-order valence-corrected chi connectivity index (χ4v) is 3.44. The first kappa shape index (κ1) is 14.4. The van der Waals surface area contributed by atoms with Gasteiger partial charge in [-0.05, 0) is 43.7 Å². The molecule has 0 aliphatic carbocycles. The first-order valence-corrected chi connectivity index (χ1v) is 7.82. The molecule has 0 spiro atoms. The maximum absolute atomic E-state index is 12.1. The molecule has 3 rings (SSSR count). The predicted octanol–water partition coefficient (Wildman–Crippen LogP) is 3.88. The number of hydrogen-bond acceptors (Lipinski definition) is 4. The van der Waals surface area contributed by atoms with Crippen LogP contribution in [0, 0.1) is 0 Å². The van der Waals surface area contributed by atoms with Gasteiger partial charge in [0.25, 0.3) is 0 Å². The van der Waals surface area contributed by atoms with Crippen LogP contribution < -0.4 is 10.1 Å². The van der Waals surface area contributed by atoms with Crippen LogP contribution in [-0.2, 0) is 0 Å². The van der Waals surface area contributed by atoms with Crippen molar-refractivity contribution in [1.29, 1.82) is 0 Å². The number of hydrogen-bond donors (Lipinski definition) is 1. The molecule has 1 aliphatic heterocycles. The van der Waals surface area contributed by atoms with Crippen LogP contribution in [0.25, 0.3) is 11.3 Å². The third-order valence-corrected chi connectivity index (χ3v) is 4.55. The Bertz CT molecular complexity index is 580. The molecule has 2 heterocycles. The smallest absolute Gasteiger partial charge is 0.387 e. The number of alkyl halides is 2. The average molecular weight is 310 g/mol. The third kappa shape index (κ3) is 3.57. The van der Waals surface area contributed by atoms with Gasteiger partial charge in [-0.3, -0.25) is 0 Å². The van der Waals surface area contributed by atoms with Gasteiger partial charge >= 0.3 is 6.61 Å². The maximum Gasteiger partial charge on any atom is 0.387 e. The Morgan fingerprint density at radius 1 is 1.29 bits per heavy atom. The molecule has 112 valence electrons. The molecule has 21 heavy (non-hydrogen) atoms. The maximum atomic E-state index is 12.1. The molecule has 1 fully saturated rings. The van der Waals surface area contributed by atoms with Gasteiger partial charge in [-0.15, -0.1) is 11.3 Å². The van der Waals surface area contributed by atoms with Crippen LogP contribution in [-0.4, -0.2) is 24.7 Å². The molecule has 0 amide bonds. The quantitative estimate of drug-likeness (QED) is 0.930. The highest BCUT2D eigenvalue weighted by molar-refractivity contribution is 7.10. The zero-order chi connectivity index (χ0) is 14.7. The molecule has 1 aromatic carbocycles. The Kier molecular flexibility index (Phi) is 4.45. The number of halogens is 2. The Morgan fingerprint density at radius 3 is 2.76 bits per heavy atom. The summed E-state index contributed by atoms with van der Waals surface area (Å²) in [5, 5.41) is 6.55. The van der Waals surface area contributed by atoms with Crippen molar-refractivity contribution in [1.82, 2.24) is 10.3 Å². The van der Waals surface area contributed by atoms with E-state index >= 15 is 0 Å². The molecule has 6 heteroatoms. The number of piperidine rings is 1. The van der Waals surface area contributed by atoms with Crippen LogP contribution in [0.5, 0.6) is 5.75 Å². The van der Waals surface area contributed by atoms with E-state index in [0.29, 0.717) is 5.92 Å². The van der Waals surface area contributed by atoms with Gasteiger partial charge in [0.15, 0.2) is 0 Å². The molecule has 2 aromatic rings. The standard InChI is InChI=1S/C15H16F2N2OS/c16-15(17)20-12-5-3-10(4-6-12)13-9-21-14(19-13)11-2-1-7-18-8-11/h3-6,9,11,15,18H,1-2,7-8H2. The number of nitrogens with one attached hydrogen (secondary N) is 1. The number of aromatic nitrogens is 1. The van der Waals surface area contributed by atoms with Crippen molar-refractivity contribution in [2.75, 3.05) is 13.1 Å². The Hall–Kier alpha value is -1.53. The first-order chi connectivity index (χ1) is 10.2. The highest BCUT2D eigenvalue weighted by Gasteiger charge is 2.18. The van der Waals surface area contributed by atoms with Gasteiger partial charge in [-0.2, -0.15) is 8.78 Å². The van der Waals surface area contributed by atoms with Crippen molar-refractivity contribution >= 4 is 11.3 Å². The van der Waals surface area contributed by atoms with Gasteiger partial charge in [-0.1, -0.05) is 0 Å². The lowest BCUT2D eigenvalue weighted by molar-refractivity contribution is -0.0498. The molecule has 3 nitrogen and oxygen atoms in total. The summed E-state index contributed by atoms with van der Waals surface area (Å²) in [6.45, 7) is -0.727. The molecule has 1 aliphatic rings. The predicted molar refractivity (Wildman–Crippen MR) is 79.0 cm³/mol. The third-order valence-electron chi connectivity index (χ3n) is 3.54. The summed E-state index contributed by atoms with van der Waals surface area (Å²) < 4.78 is 28.6. The van der Waals surface area contributed by atoms with Crippen LogP contribution in [0.4, 0.5) is 8.78 Å². The van der Waals surface area contributed by atoms with E-state index in [4.69, 9.17) is 0 Å². The van der Waals surface area contributed by atoms with Crippen molar-refractivity contribution in [3.63, 3.8) is 0 Å². The van der Waals surface area contributed by atoms with E-state index in [2.05, 4.69) is 15.0 Å². The fraction of sp³-hybridized carbons (Fsp3) is 0.400. The zero-order valence-electron chi connectivity index (χ0n) is 11.4. The SMILES string of the molecule is FC(F)Oc1ccc(-c2csc(C3CCCNC3)n2)cc1. The highest BCUT2D eigenvalue weighted by Crippen LogP contribution is 2.30. The summed E-state index contributed by atoms with van der Waals surface area (Å²) in [7, 11) is 0. The molecular weight excluding hydrogens is 294 g/mol. The molecule has 1 saturated heterocycles. The van der Waals surface area contributed by atoms with Crippen LogP contribution >= 0.6 is 11.3 Å². The minimum atomic E-state index is -2.79. The number of benzene rings is 1. The van der Waals surface area contributed by atoms with E-state index in [9.17, 15) is 8.78 Å². The largest absolute Gasteiger partial charge is 0.435 e. The minimum Gasteiger partial charge on any atom is -0.435 e. The lowest BCUT2D eigenvalue weighted by Crippen LogP contribution is -2.28. The van der Waals surface area contributed by atoms with Gasteiger partial charge in [0.2, 0.25) is 0 Å². The van der Waals surface area contributed by atoms with E-state index in [1.165, 1.54) is 12.8 Å².